The number of benzene rings is 2. The molecule has 2 aromatic carbocycles. The lowest BCUT2D eigenvalue weighted by atomic mass is 10.1. The molecule has 0 heterocycles. The highest BCUT2D eigenvalue weighted by atomic mass is 16.5. The molecule has 0 aliphatic carbocycles. The molecule has 0 aliphatic rings. The second-order valence-electron chi connectivity index (χ2n) is 4.68. The lowest BCUT2D eigenvalue weighted by Gasteiger charge is -2.15. The maximum atomic E-state index is 9.78. The predicted octanol–water partition coefficient (Wildman–Crippen LogP) is 3.20. The van der Waals surface area contributed by atoms with Gasteiger partial charge in [-0.25, -0.2) is 0 Å². The van der Waals surface area contributed by atoms with E-state index in [4.69, 9.17) is 14.7 Å². The Morgan fingerprint density at radius 2 is 2.05 bits per heavy atom. The molecule has 2 rings (SSSR count). The molecule has 0 spiro atoms. The first kappa shape index (κ1) is 14.9. The zero-order valence-electron chi connectivity index (χ0n) is 12.0. The second kappa shape index (κ2) is 6.78. The minimum Gasteiger partial charge on any atom is -0.497 e. The molecule has 0 aromatic heterocycles. The van der Waals surface area contributed by atoms with Gasteiger partial charge in [0.2, 0.25) is 0 Å². The van der Waals surface area contributed by atoms with Gasteiger partial charge in [-0.2, -0.15) is 5.26 Å². The van der Waals surface area contributed by atoms with E-state index in [1.54, 1.807) is 44.4 Å². The number of ether oxygens (including phenoxy) is 2. The van der Waals surface area contributed by atoms with Crippen LogP contribution in [0.3, 0.4) is 0 Å². The van der Waals surface area contributed by atoms with Crippen LogP contribution in [0.1, 0.15) is 29.7 Å². The zero-order valence-corrected chi connectivity index (χ0v) is 12.0. The van der Waals surface area contributed by atoms with Gasteiger partial charge in [0.05, 0.1) is 24.8 Å². The average Bonchev–Trinajstić information content (AvgIpc) is 2.52. The van der Waals surface area contributed by atoms with Crippen molar-refractivity contribution in [3.63, 3.8) is 0 Å². The van der Waals surface area contributed by atoms with E-state index in [0.29, 0.717) is 29.2 Å². The smallest absolute Gasteiger partial charge is 0.129 e. The molecule has 1 atom stereocenters. The number of methoxy groups -OCH3 is 1. The van der Waals surface area contributed by atoms with Crippen molar-refractivity contribution in [2.75, 3.05) is 7.11 Å². The summed E-state index contributed by atoms with van der Waals surface area (Å²) in [4.78, 5) is 0. The van der Waals surface area contributed by atoms with Crippen LogP contribution in [0.2, 0.25) is 0 Å². The van der Waals surface area contributed by atoms with Crippen molar-refractivity contribution in [1.82, 2.24) is 0 Å². The summed E-state index contributed by atoms with van der Waals surface area (Å²) in [5, 5.41) is 18.7. The van der Waals surface area contributed by atoms with Crippen LogP contribution in [0.4, 0.5) is 0 Å². The zero-order chi connectivity index (χ0) is 15.2. The number of nitrogens with zero attached hydrogens (tertiary/aromatic N) is 1. The minimum absolute atomic E-state index is 0.322. The fourth-order valence-corrected chi connectivity index (χ4v) is 2.00. The van der Waals surface area contributed by atoms with Crippen molar-refractivity contribution < 1.29 is 14.6 Å². The highest BCUT2D eigenvalue weighted by molar-refractivity contribution is 5.42. The average molecular weight is 283 g/mol. The molecule has 0 aliphatic heterocycles. The molecule has 1 N–H and O–H groups in total. The van der Waals surface area contributed by atoms with E-state index < -0.39 is 6.10 Å². The Morgan fingerprint density at radius 1 is 1.24 bits per heavy atom. The molecule has 2 aromatic rings. The molecule has 0 bridgehead atoms. The largest absolute Gasteiger partial charge is 0.497 e. The first-order chi connectivity index (χ1) is 10.1. The molecule has 21 heavy (non-hydrogen) atoms. The number of rotatable bonds is 5. The summed E-state index contributed by atoms with van der Waals surface area (Å²) in [6.07, 6.45) is -0.628. The van der Waals surface area contributed by atoms with Gasteiger partial charge in [-0.3, -0.25) is 0 Å². The van der Waals surface area contributed by atoms with Gasteiger partial charge in [0.1, 0.15) is 18.1 Å². The maximum Gasteiger partial charge on any atom is 0.129 e. The Morgan fingerprint density at radius 3 is 2.71 bits per heavy atom. The topological polar surface area (TPSA) is 62.5 Å². The molecule has 4 heteroatoms. The molecule has 4 nitrogen and oxygen atoms in total. The maximum absolute atomic E-state index is 9.78. The summed E-state index contributed by atoms with van der Waals surface area (Å²) in [6, 6.07) is 14.6. The molecular weight excluding hydrogens is 266 g/mol. The Balaban J connectivity index is 2.20. The van der Waals surface area contributed by atoms with Crippen molar-refractivity contribution in [2.45, 2.75) is 19.6 Å². The van der Waals surface area contributed by atoms with Crippen molar-refractivity contribution in [2.24, 2.45) is 0 Å². The standard InChI is InChI=1S/C17H17NO3/c1-12(19)16-7-6-15(20-2)9-17(16)21-11-14-5-3-4-13(8-14)10-18/h3-9,12,19H,11H2,1-2H3/t12-/m1/s1. The van der Waals surface area contributed by atoms with E-state index in [1.807, 2.05) is 12.1 Å². The van der Waals surface area contributed by atoms with Gasteiger partial charge in [0, 0.05) is 11.6 Å². The summed E-state index contributed by atoms with van der Waals surface area (Å²) in [5.41, 5.74) is 2.19. The number of nitriles is 1. The van der Waals surface area contributed by atoms with Crippen LogP contribution in [0.5, 0.6) is 11.5 Å². The molecule has 0 saturated carbocycles. The van der Waals surface area contributed by atoms with E-state index in [-0.39, 0.29) is 0 Å². The summed E-state index contributed by atoms with van der Waals surface area (Å²) < 4.78 is 11.0. The van der Waals surface area contributed by atoms with E-state index in [9.17, 15) is 5.11 Å². The third kappa shape index (κ3) is 3.74. The molecule has 108 valence electrons. The molecule has 0 saturated heterocycles. The summed E-state index contributed by atoms with van der Waals surface area (Å²) >= 11 is 0. The van der Waals surface area contributed by atoms with Gasteiger partial charge in [-0.1, -0.05) is 12.1 Å². The Labute approximate surface area is 124 Å². The summed E-state index contributed by atoms with van der Waals surface area (Å²) in [6.45, 7) is 2.01. The number of hydrogen-bond acceptors (Lipinski definition) is 4. The number of hydrogen-bond donors (Lipinski definition) is 1. The minimum atomic E-state index is -0.628. The van der Waals surface area contributed by atoms with Crippen molar-refractivity contribution >= 4 is 0 Å². The van der Waals surface area contributed by atoms with Crippen LogP contribution in [0, 0.1) is 11.3 Å². The first-order valence-electron chi connectivity index (χ1n) is 6.62. The molecule has 0 radical (unpaired) electrons. The monoisotopic (exact) mass is 283 g/mol. The second-order valence-corrected chi connectivity index (χ2v) is 4.68. The Hall–Kier alpha value is -2.51. The predicted molar refractivity (Wildman–Crippen MR) is 79.1 cm³/mol. The quantitative estimate of drug-likeness (QED) is 0.915. The van der Waals surface area contributed by atoms with Crippen molar-refractivity contribution in [1.29, 1.82) is 5.26 Å². The van der Waals surface area contributed by atoms with Crippen LogP contribution in [0.15, 0.2) is 42.5 Å². The van der Waals surface area contributed by atoms with Gasteiger partial charge in [-0.05, 0) is 36.8 Å². The van der Waals surface area contributed by atoms with Gasteiger partial charge in [0.25, 0.3) is 0 Å². The van der Waals surface area contributed by atoms with Crippen LogP contribution >= 0.6 is 0 Å². The fraction of sp³-hybridized carbons (Fsp3) is 0.235. The van der Waals surface area contributed by atoms with E-state index in [2.05, 4.69) is 6.07 Å². The van der Waals surface area contributed by atoms with Crippen molar-refractivity contribution in [3.8, 4) is 17.6 Å². The third-order valence-electron chi connectivity index (χ3n) is 3.12. The summed E-state index contributed by atoms with van der Waals surface area (Å²) in [7, 11) is 1.58. The molecule has 0 fully saturated rings. The van der Waals surface area contributed by atoms with Gasteiger partial charge >= 0.3 is 0 Å². The Kier molecular flexibility index (Phi) is 4.81. The number of aliphatic hydroxyl groups excluding tert-OH is 1. The van der Waals surface area contributed by atoms with Gasteiger partial charge in [-0.15, -0.1) is 0 Å². The van der Waals surface area contributed by atoms with Crippen LogP contribution in [-0.2, 0) is 6.61 Å². The van der Waals surface area contributed by atoms with Crippen molar-refractivity contribution in [3.05, 3.63) is 59.2 Å². The normalized spacial score (nSPS) is 11.5. The lowest BCUT2D eigenvalue weighted by Crippen LogP contribution is -2.01. The fourth-order valence-electron chi connectivity index (χ4n) is 2.00. The van der Waals surface area contributed by atoms with Gasteiger partial charge in [0.15, 0.2) is 0 Å². The van der Waals surface area contributed by atoms with Crippen LogP contribution < -0.4 is 9.47 Å². The molecule has 0 amide bonds. The van der Waals surface area contributed by atoms with E-state index in [0.717, 1.165) is 5.56 Å². The molecular formula is C17H17NO3. The van der Waals surface area contributed by atoms with Crippen LogP contribution in [-0.4, -0.2) is 12.2 Å². The lowest BCUT2D eigenvalue weighted by molar-refractivity contribution is 0.190. The third-order valence-corrected chi connectivity index (χ3v) is 3.12. The number of aliphatic hydroxyl groups is 1. The van der Waals surface area contributed by atoms with E-state index >= 15 is 0 Å². The Bertz CT molecular complexity index is 659. The van der Waals surface area contributed by atoms with Gasteiger partial charge < -0.3 is 14.6 Å². The summed E-state index contributed by atoms with van der Waals surface area (Å²) in [5.74, 6) is 1.24. The molecule has 0 unspecified atom stereocenters. The first-order valence-corrected chi connectivity index (χ1v) is 6.62. The van der Waals surface area contributed by atoms with E-state index in [1.165, 1.54) is 0 Å². The highest BCUT2D eigenvalue weighted by Crippen LogP contribution is 2.30. The van der Waals surface area contributed by atoms with Crippen LogP contribution in [0.25, 0.3) is 0 Å². The SMILES string of the molecule is COc1ccc([C@@H](C)O)c(OCc2cccc(C#N)c2)c1. The highest BCUT2D eigenvalue weighted by Gasteiger charge is 2.11.